The molecule has 5 nitrogen and oxygen atoms in total. The number of hydrogen-bond donors (Lipinski definition) is 0. The molecule has 1 aliphatic heterocycles. The van der Waals surface area contributed by atoms with Crippen LogP contribution in [0.5, 0.6) is 0 Å². The lowest BCUT2D eigenvalue weighted by atomic mass is 10.1. The fourth-order valence-electron chi connectivity index (χ4n) is 3.55. The van der Waals surface area contributed by atoms with Gasteiger partial charge < -0.3 is 8.98 Å². The highest BCUT2D eigenvalue weighted by molar-refractivity contribution is 6.14. The number of benzene rings is 2. The summed E-state index contributed by atoms with van der Waals surface area (Å²) in [4.78, 5) is 19.6. The van der Waals surface area contributed by atoms with Gasteiger partial charge >= 0.3 is 0 Å². The van der Waals surface area contributed by atoms with Crippen LogP contribution in [-0.2, 0) is 6.54 Å². The van der Waals surface area contributed by atoms with E-state index in [1.54, 1.807) is 4.90 Å². The van der Waals surface area contributed by atoms with E-state index in [4.69, 9.17) is 4.42 Å². The van der Waals surface area contributed by atoms with E-state index < -0.39 is 0 Å². The van der Waals surface area contributed by atoms with Crippen molar-refractivity contribution in [3.05, 3.63) is 59.9 Å². The van der Waals surface area contributed by atoms with Gasteiger partial charge in [0.15, 0.2) is 0 Å². The molecule has 0 radical (unpaired) electrons. The summed E-state index contributed by atoms with van der Waals surface area (Å²) < 4.78 is 7.85. The second-order valence-electron chi connectivity index (χ2n) is 6.04. The number of aromatic nitrogens is 2. The lowest BCUT2D eigenvalue weighted by Crippen LogP contribution is -2.29. The molecule has 3 heterocycles. The van der Waals surface area contributed by atoms with Crippen LogP contribution in [0.3, 0.4) is 0 Å². The van der Waals surface area contributed by atoms with E-state index in [0.717, 1.165) is 28.5 Å². The normalized spacial score (nSPS) is 13.8. The number of anilines is 1. The van der Waals surface area contributed by atoms with Crippen LogP contribution in [0, 0.1) is 6.92 Å². The van der Waals surface area contributed by atoms with E-state index in [-0.39, 0.29) is 5.91 Å². The van der Waals surface area contributed by atoms with Crippen molar-refractivity contribution >= 4 is 33.9 Å². The van der Waals surface area contributed by atoms with E-state index in [9.17, 15) is 4.79 Å². The number of fused-ring (bicyclic) bond motifs is 4. The van der Waals surface area contributed by atoms with Gasteiger partial charge in [0, 0.05) is 18.5 Å². The van der Waals surface area contributed by atoms with Crippen molar-refractivity contribution < 1.29 is 9.21 Å². The minimum absolute atomic E-state index is 0.0495. The van der Waals surface area contributed by atoms with Crippen LogP contribution in [0.1, 0.15) is 16.1 Å². The fourth-order valence-corrected chi connectivity index (χ4v) is 3.55. The first-order valence-electron chi connectivity index (χ1n) is 7.99. The minimum atomic E-state index is -0.0495. The second-order valence-corrected chi connectivity index (χ2v) is 6.04. The molecule has 0 spiro atoms. The van der Waals surface area contributed by atoms with Gasteiger partial charge in [-0.05, 0) is 25.1 Å². The van der Waals surface area contributed by atoms with Crippen LogP contribution in [0.2, 0.25) is 0 Å². The molecule has 2 aromatic heterocycles. The molecule has 0 saturated carbocycles. The van der Waals surface area contributed by atoms with E-state index >= 15 is 0 Å². The van der Waals surface area contributed by atoms with E-state index in [1.807, 2.05) is 55.5 Å². The molecule has 0 atom stereocenters. The first kappa shape index (κ1) is 13.4. The number of aryl methyl sites for hydroxylation is 1. The SMILES string of the molecule is Cc1oc2ccccc2c1C(=O)N1CCn2c1nc1ccccc12. The standard InChI is InChI=1S/C19H15N3O2/c1-12-17(13-6-2-5-9-16(13)24-12)18(23)22-11-10-21-15-8-4-3-7-14(15)20-19(21)22/h2-9H,10-11H2,1H3. The monoisotopic (exact) mass is 317 g/mol. The van der Waals surface area contributed by atoms with Crippen molar-refractivity contribution in [1.82, 2.24) is 9.55 Å². The smallest absolute Gasteiger partial charge is 0.264 e. The molecule has 24 heavy (non-hydrogen) atoms. The molecule has 118 valence electrons. The lowest BCUT2D eigenvalue weighted by Gasteiger charge is -2.13. The van der Waals surface area contributed by atoms with Gasteiger partial charge in [-0.15, -0.1) is 0 Å². The summed E-state index contributed by atoms with van der Waals surface area (Å²) in [6, 6.07) is 15.6. The highest BCUT2D eigenvalue weighted by atomic mass is 16.3. The summed E-state index contributed by atoms with van der Waals surface area (Å²) in [6.07, 6.45) is 0. The number of hydrogen-bond acceptors (Lipinski definition) is 3. The summed E-state index contributed by atoms with van der Waals surface area (Å²) in [5.74, 6) is 1.31. The molecule has 0 bridgehead atoms. The molecule has 0 saturated heterocycles. The zero-order valence-electron chi connectivity index (χ0n) is 13.2. The van der Waals surface area contributed by atoms with Gasteiger partial charge in [0.25, 0.3) is 5.91 Å². The molecule has 1 aliphatic rings. The molecular formula is C19H15N3O2. The maximum Gasteiger partial charge on any atom is 0.264 e. The molecule has 0 N–H and O–H groups in total. The summed E-state index contributed by atoms with van der Waals surface area (Å²) in [7, 11) is 0. The van der Waals surface area contributed by atoms with Crippen LogP contribution in [0.4, 0.5) is 5.95 Å². The second kappa shape index (κ2) is 4.71. The average molecular weight is 317 g/mol. The van der Waals surface area contributed by atoms with E-state index in [2.05, 4.69) is 9.55 Å². The molecule has 4 aromatic rings. The van der Waals surface area contributed by atoms with Crippen molar-refractivity contribution in [2.45, 2.75) is 13.5 Å². The third-order valence-electron chi connectivity index (χ3n) is 4.65. The van der Waals surface area contributed by atoms with Crippen molar-refractivity contribution in [1.29, 1.82) is 0 Å². The van der Waals surface area contributed by atoms with Gasteiger partial charge in [0.2, 0.25) is 5.95 Å². The van der Waals surface area contributed by atoms with Gasteiger partial charge in [-0.1, -0.05) is 30.3 Å². The molecular weight excluding hydrogens is 302 g/mol. The van der Waals surface area contributed by atoms with Crippen molar-refractivity contribution in [2.24, 2.45) is 0 Å². The number of imidazole rings is 1. The van der Waals surface area contributed by atoms with Crippen molar-refractivity contribution in [2.75, 3.05) is 11.4 Å². The molecule has 5 rings (SSSR count). The first-order chi connectivity index (χ1) is 11.7. The number of amides is 1. The highest BCUT2D eigenvalue weighted by Gasteiger charge is 2.31. The Hall–Kier alpha value is -3.08. The Morgan fingerprint density at radius 2 is 1.88 bits per heavy atom. The van der Waals surface area contributed by atoms with Crippen LogP contribution < -0.4 is 4.90 Å². The summed E-state index contributed by atoms with van der Waals surface area (Å²) in [6.45, 7) is 3.23. The van der Waals surface area contributed by atoms with Crippen LogP contribution >= 0.6 is 0 Å². The summed E-state index contributed by atoms with van der Waals surface area (Å²) in [5, 5.41) is 0.856. The lowest BCUT2D eigenvalue weighted by molar-refractivity contribution is 0.0988. The van der Waals surface area contributed by atoms with Gasteiger partial charge in [-0.2, -0.15) is 0 Å². The molecule has 0 unspecified atom stereocenters. The zero-order chi connectivity index (χ0) is 16.3. The summed E-state index contributed by atoms with van der Waals surface area (Å²) >= 11 is 0. The maximum absolute atomic E-state index is 13.2. The van der Waals surface area contributed by atoms with Crippen LogP contribution in [-0.4, -0.2) is 22.0 Å². The topological polar surface area (TPSA) is 51.3 Å². The highest BCUT2D eigenvalue weighted by Crippen LogP contribution is 2.32. The first-order valence-corrected chi connectivity index (χ1v) is 7.99. The number of rotatable bonds is 1. The average Bonchev–Trinajstić information content (AvgIpc) is 3.24. The molecule has 0 fully saturated rings. The fraction of sp³-hybridized carbons (Fsp3) is 0.158. The molecule has 1 amide bonds. The third-order valence-corrected chi connectivity index (χ3v) is 4.65. The Kier molecular flexibility index (Phi) is 2.62. The largest absolute Gasteiger partial charge is 0.461 e. The Balaban J connectivity index is 1.66. The quantitative estimate of drug-likeness (QED) is 0.537. The Morgan fingerprint density at radius 3 is 2.79 bits per heavy atom. The summed E-state index contributed by atoms with van der Waals surface area (Å²) in [5.41, 5.74) is 3.35. The molecule has 2 aromatic carbocycles. The number of furan rings is 1. The number of carbonyl (C=O) groups is 1. The van der Waals surface area contributed by atoms with Crippen molar-refractivity contribution in [3.63, 3.8) is 0 Å². The molecule has 0 aliphatic carbocycles. The van der Waals surface area contributed by atoms with E-state index in [1.165, 1.54) is 0 Å². The Labute approximate surface area is 138 Å². The van der Waals surface area contributed by atoms with E-state index in [0.29, 0.717) is 23.8 Å². The number of carbonyl (C=O) groups excluding carboxylic acids is 1. The zero-order valence-corrected chi connectivity index (χ0v) is 13.2. The Morgan fingerprint density at radius 1 is 1.08 bits per heavy atom. The number of para-hydroxylation sites is 3. The molecule has 5 heteroatoms. The minimum Gasteiger partial charge on any atom is -0.461 e. The van der Waals surface area contributed by atoms with Crippen molar-refractivity contribution in [3.8, 4) is 0 Å². The Bertz CT molecular complexity index is 1110. The third kappa shape index (κ3) is 1.69. The van der Waals surface area contributed by atoms with Crippen LogP contribution in [0.15, 0.2) is 52.9 Å². The maximum atomic E-state index is 13.2. The predicted molar refractivity (Wildman–Crippen MR) is 92.4 cm³/mol. The van der Waals surface area contributed by atoms with Gasteiger partial charge in [-0.3, -0.25) is 9.69 Å². The predicted octanol–water partition coefficient (Wildman–Crippen LogP) is 3.75. The van der Waals surface area contributed by atoms with Gasteiger partial charge in [0.1, 0.15) is 11.3 Å². The van der Waals surface area contributed by atoms with Gasteiger partial charge in [0.05, 0.1) is 16.6 Å². The van der Waals surface area contributed by atoms with Gasteiger partial charge in [-0.25, -0.2) is 4.98 Å². The number of nitrogens with zero attached hydrogens (tertiary/aromatic N) is 3. The van der Waals surface area contributed by atoms with Crippen LogP contribution in [0.25, 0.3) is 22.0 Å².